The molecule has 0 N–H and O–H groups in total. The third-order valence-corrected chi connectivity index (χ3v) is 3.11. The van der Waals surface area contributed by atoms with Gasteiger partial charge in [-0.15, -0.1) is 0 Å². The van der Waals surface area contributed by atoms with Gasteiger partial charge < -0.3 is 4.74 Å². The molecule has 7 heteroatoms. The van der Waals surface area contributed by atoms with E-state index in [9.17, 15) is 13.2 Å². The Labute approximate surface area is 107 Å². The predicted octanol–water partition coefficient (Wildman–Crippen LogP) is 3.89. The maximum atomic E-state index is 12.6. The van der Waals surface area contributed by atoms with E-state index in [4.69, 9.17) is 10.3 Å². The lowest BCUT2D eigenvalue weighted by Gasteiger charge is -2.12. The molecule has 1 aromatic rings. The molecule has 1 aliphatic heterocycles. The Bertz CT molecular complexity index is 497. The van der Waals surface area contributed by atoms with Gasteiger partial charge in [0.25, 0.3) is 0 Å². The first-order chi connectivity index (χ1) is 9.00. The molecule has 102 valence electrons. The summed E-state index contributed by atoms with van der Waals surface area (Å²) in [6.45, 7) is 0.568. The third kappa shape index (κ3) is 3.39. The molecule has 0 amide bonds. The molecule has 2 atom stereocenters. The molecular weight excluding hydrogens is 259 g/mol. The lowest BCUT2D eigenvalue weighted by molar-refractivity contribution is -0.137. The minimum atomic E-state index is -4.33. The molecule has 1 heterocycles. The van der Waals surface area contributed by atoms with Crippen LogP contribution in [0, 0.1) is 0 Å². The number of hydrogen-bond donors (Lipinski definition) is 0. The van der Waals surface area contributed by atoms with Gasteiger partial charge in [0.05, 0.1) is 24.8 Å². The summed E-state index contributed by atoms with van der Waals surface area (Å²) in [5.74, 6) is -0.0822. The highest BCUT2D eigenvalue weighted by atomic mass is 19.4. The maximum Gasteiger partial charge on any atom is 0.416 e. The molecule has 0 bridgehead atoms. The Kier molecular flexibility index (Phi) is 3.97. The average molecular weight is 271 g/mol. The van der Waals surface area contributed by atoms with Crippen LogP contribution >= 0.6 is 0 Å². The molecule has 0 unspecified atom stereocenters. The number of hydrogen-bond acceptors (Lipinski definition) is 2. The van der Waals surface area contributed by atoms with E-state index in [1.54, 1.807) is 6.07 Å². The van der Waals surface area contributed by atoms with Gasteiger partial charge in [0.1, 0.15) is 0 Å². The fraction of sp³-hybridized carbons (Fsp3) is 0.500. The van der Waals surface area contributed by atoms with E-state index in [2.05, 4.69) is 10.0 Å². The predicted molar refractivity (Wildman–Crippen MR) is 62.6 cm³/mol. The molecule has 1 aliphatic rings. The highest BCUT2D eigenvalue weighted by molar-refractivity contribution is 5.29. The summed E-state index contributed by atoms with van der Waals surface area (Å²) in [5.41, 5.74) is 8.17. The average Bonchev–Trinajstić information content (AvgIpc) is 2.84. The highest BCUT2D eigenvalue weighted by Crippen LogP contribution is 2.34. The zero-order valence-electron chi connectivity index (χ0n) is 9.97. The van der Waals surface area contributed by atoms with Crippen molar-refractivity contribution >= 4 is 0 Å². The Morgan fingerprint density at radius 2 is 2.21 bits per heavy atom. The minimum Gasteiger partial charge on any atom is -0.377 e. The molecule has 0 saturated carbocycles. The monoisotopic (exact) mass is 271 g/mol. The van der Waals surface area contributed by atoms with Gasteiger partial charge in [-0.1, -0.05) is 23.3 Å². The fourth-order valence-corrected chi connectivity index (χ4v) is 2.16. The molecule has 2 rings (SSSR count). The zero-order valence-corrected chi connectivity index (χ0v) is 9.97. The van der Waals surface area contributed by atoms with Crippen molar-refractivity contribution in [3.63, 3.8) is 0 Å². The Balaban J connectivity index is 2.09. The van der Waals surface area contributed by atoms with Crippen LogP contribution in [0.15, 0.2) is 29.4 Å². The van der Waals surface area contributed by atoms with Gasteiger partial charge in [0, 0.05) is 10.8 Å². The van der Waals surface area contributed by atoms with E-state index in [0.717, 1.165) is 12.1 Å². The van der Waals surface area contributed by atoms with Crippen molar-refractivity contribution in [3.8, 4) is 0 Å². The minimum absolute atomic E-state index is 0.0822. The number of alkyl halides is 3. The van der Waals surface area contributed by atoms with E-state index in [1.165, 1.54) is 6.07 Å². The van der Waals surface area contributed by atoms with Gasteiger partial charge in [-0.2, -0.15) is 13.2 Å². The van der Waals surface area contributed by atoms with E-state index in [1.807, 2.05) is 0 Å². The van der Waals surface area contributed by atoms with Crippen LogP contribution in [-0.4, -0.2) is 19.3 Å². The number of rotatable bonds is 3. The van der Waals surface area contributed by atoms with Gasteiger partial charge in [-0.05, 0) is 23.6 Å². The topological polar surface area (TPSA) is 58.0 Å². The van der Waals surface area contributed by atoms with Crippen LogP contribution in [0.25, 0.3) is 10.4 Å². The van der Waals surface area contributed by atoms with Crippen LogP contribution < -0.4 is 0 Å². The summed E-state index contributed by atoms with van der Waals surface area (Å²) in [5, 5.41) is 3.41. The van der Waals surface area contributed by atoms with Crippen LogP contribution in [0.4, 0.5) is 13.2 Å². The lowest BCUT2D eigenvalue weighted by atomic mass is 9.95. The molecule has 4 nitrogen and oxygen atoms in total. The van der Waals surface area contributed by atoms with Crippen LogP contribution in [-0.2, 0) is 10.9 Å². The van der Waals surface area contributed by atoms with Gasteiger partial charge in [-0.3, -0.25) is 0 Å². The zero-order chi connectivity index (χ0) is 13.9. The Morgan fingerprint density at radius 3 is 2.89 bits per heavy atom. The van der Waals surface area contributed by atoms with Crippen molar-refractivity contribution in [2.75, 3.05) is 13.2 Å². The summed E-state index contributed by atoms with van der Waals surface area (Å²) in [6, 6.07) is 5.28. The lowest BCUT2D eigenvalue weighted by Crippen LogP contribution is -2.09. The van der Waals surface area contributed by atoms with Crippen LogP contribution in [0.5, 0.6) is 0 Å². The quantitative estimate of drug-likeness (QED) is 0.467. The number of benzene rings is 1. The molecular formula is C12H12F3N3O. The first-order valence-electron chi connectivity index (χ1n) is 5.80. The van der Waals surface area contributed by atoms with Crippen molar-refractivity contribution in [3.05, 3.63) is 45.8 Å². The second kappa shape index (κ2) is 5.50. The van der Waals surface area contributed by atoms with Crippen molar-refractivity contribution in [1.29, 1.82) is 0 Å². The smallest absolute Gasteiger partial charge is 0.377 e. The van der Waals surface area contributed by atoms with E-state index < -0.39 is 11.7 Å². The second-order valence-electron chi connectivity index (χ2n) is 4.42. The van der Waals surface area contributed by atoms with Crippen LogP contribution in [0.1, 0.15) is 23.5 Å². The van der Waals surface area contributed by atoms with Gasteiger partial charge in [0.2, 0.25) is 0 Å². The molecule has 1 fully saturated rings. The number of ether oxygens (including phenoxy) is 1. The molecule has 1 saturated heterocycles. The first kappa shape index (κ1) is 13.7. The molecule has 0 spiro atoms. The van der Waals surface area contributed by atoms with Crippen molar-refractivity contribution in [2.24, 2.45) is 5.11 Å². The van der Waals surface area contributed by atoms with Gasteiger partial charge in [-0.25, -0.2) is 0 Å². The second-order valence-corrected chi connectivity index (χ2v) is 4.42. The Morgan fingerprint density at radius 1 is 1.42 bits per heavy atom. The normalized spacial score (nSPS) is 23.1. The molecule has 1 aromatic carbocycles. The summed E-state index contributed by atoms with van der Waals surface area (Å²) < 4.78 is 43.2. The van der Waals surface area contributed by atoms with Crippen molar-refractivity contribution in [2.45, 2.75) is 24.6 Å². The fourth-order valence-electron chi connectivity index (χ4n) is 2.16. The van der Waals surface area contributed by atoms with E-state index >= 15 is 0 Å². The molecule has 19 heavy (non-hydrogen) atoms. The van der Waals surface area contributed by atoms with Crippen molar-refractivity contribution in [1.82, 2.24) is 0 Å². The van der Waals surface area contributed by atoms with Crippen LogP contribution in [0.2, 0.25) is 0 Å². The standard InChI is InChI=1S/C12H12F3N3O/c13-12(14,15)10-3-1-2-8(4-10)9-5-11(19-7-9)6-17-18-16/h1-4,9,11H,5-7H2/t9-,11+/m0/s1. The van der Waals surface area contributed by atoms with Gasteiger partial charge in [0.15, 0.2) is 0 Å². The summed E-state index contributed by atoms with van der Waals surface area (Å²) in [6.07, 6.45) is -3.98. The number of nitrogens with zero attached hydrogens (tertiary/aromatic N) is 3. The van der Waals surface area contributed by atoms with Crippen LogP contribution in [0.3, 0.4) is 0 Å². The van der Waals surface area contributed by atoms with Gasteiger partial charge >= 0.3 is 6.18 Å². The Hall–Kier alpha value is -1.72. The van der Waals surface area contributed by atoms with E-state index in [0.29, 0.717) is 18.6 Å². The number of azide groups is 1. The SMILES string of the molecule is [N-]=[N+]=NC[C@H]1C[C@H](c2cccc(C(F)(F)F)c2)CO1. The largest absolute Gasteiger partial charge is 0.416 e. The molecule has 0 aromatic heterocycles. The maximum absolute atomic E-state index is 12.6. The molecule has 0 aliphatic carbocycles. The van der Waals surface area contributed by atoms with Crippen molar-refractivity contribution < 1.29 is 17.9 Å². The number of halogens is 3. The third-order valence-electron chi connectivity index (χ3n) is 3.11. The molecule has 0 radical (unpaired) electrons. The summed E-state index contributed by atoms with van der Waals surface area (Å²) in [7, 11) is 0. The summed E-state index contributed by atoms with van der Waals surface area (Å²) in [4.78, 5) is 2.64. The highest BCUT2D eigenvalue weighted by Gasteiger charge is 2.32. The van der Waals surface area contributed by atoms with E-state index in [-0.39, 0.29) is 18.6 Å². The first-order valence-corrected chi connectivity index (χ1v) is 5.80. The summed E-state index contributed by atoms with van der Waals surface area (Å²) >= 11 is 0.